The van der Waals surface area contributed by atoms with E-state index in [1.54, 1.807) is 6.92 Å². The Morgan fingerprint density at radius 2 is 2.00 bits per heavy atom. The predicted molar refractivity (Wildman–Crippen MR) is 69.6 cm³/mol. The van der Waals surface area contributed by atoms with Crippen molar-refractivity contribution in [3.63, 3.8) is 0 Å². The van der Waals surface area contributed by atoms with Crippen LogP contribution in [-0.2, 0) is 28.8 Å². The molecular weight excluding hydrogens is 288 g/mol. The first kappa shape index (κ1) is 16.9. The largest absolute Gasteiger partial charge is 0.466 e. The van der Waals surface area contributed by atoms with Crippen molar-refractivity contribution in [1.82, 2.24) is 4.31 Å². The first-order valence-electron chi connectivity index (χ1n) is 6.20. The molecule has 20 heavy (non-hydrogen) atoms. The number of nitrogens with zero attached hydrogens (tertiary/aromatic N) is 1. The van der Waals surface area contributed by atoms with Gasteiger partial charge in [-0.1, -0.05) is 0 Å². The van der Waals surface area contributed by atoms with Crippen molar-refractivity contribution < 1.29 is 26.9 Å². The minimum absolute atomic E-state index is 0.186. The first-order valence-corrected chi connectivity index (χ1v) is 7.56. The lowest BCUT2D eigenvalue weighted by atomic mass is 9.95. The van der Waals surface area contributed by atoms with Crippen LogP contribution < -0.4 is 5.73 Å². The summed E-state index contributed by atoms with van der Waals surface area (Å²) in [6.45, 7) is 5.91. The highest BCUT2D eigenvalue weighted by atomic mass is 32.2. The van der Waals surface area contributed by atoms with E-state index >= 15 is 0 Å². The van der Waals surface area contributed by atoms with E-state index in [4.69, 9.17) is 14.7 Å². The summed E-state index contributed by atoms with van der Waals surface area (Å²) in [5.41, 5.74) is 4.30. The highest BCUT2D eigenvalue weighted by Crippen LogP contribution is 2.25. The van der Waals surface area contributed by atoms with Crippen LogP contribution in [-0.4, -0.2) is 49.9 Å². The molecule has 0 bridgehead atoms. The van der Waals surface area contributed by atoms with Crippen molar-refractivity contribution >= 4 is 22.2 Å². The topological polar surface area (TPSA) is 116 Å². The molecule has 0 aromatic heterocycles. The van der Waals surface area contributed by atoms with Crippen LogP contribution >= 0.6 is 0 Å². The molecule has 0 saturated carbocycles. The van der Waals surface area contributed by atoms with Crippen LogP contribution in [0.4, 0.5) is 0 Å². The fraction of sp³-hybridized carbons (Fsp3) is 0.818. The maximum atomic E-state index is 11.9. The van der Waals surface area contributed by atoms with E-state index in [1.165, 1.54) is 20.8 Å². The van der Waals surface area contributed by atoms with Crippen molar-refractivity contribution in [2.24, 2.45) is 11.1 Å². The van der Waals surface area contributed by atoms with Gasteiger partial charge < -0.3 is 10.5 Å². The van der Waals surface area contributed by atoms with E-state index in [0.717, 1.165) is 0 Å². The summed E-state index contributed by atoms with van der Waals surface area (Å²) in [5.74, 6) is -1.29. The first-order chi connectivity index (χ1) is 9.04. The van der Waals surface area contributed by atoms with Crippen molar-refractivity contribution in [1.29, 1.82) is 0 Å². The predicted octanol–water partition coefficient (Wildman–Crippen LogP) is -0.605. The maximum absolute atomic E-state index is 11.9. The summed E-state index contributed by atoms with van der Waals surface area (Å²) in [6, 6.07) is -1.50. The monoisotopic (exact) mass is 308 g/mol. The van der Waals surface area contributed by atoms with E-state index in [1.807, 2.05) is 0 Å². The van der Waals surface area contributed by atoms with Crippen LogP contribution in [0.3, 0.4) is 0 Å². The maximum Gasteiger partial charge on any atom is 0.365 e. The van der Waals surface area contributed by atoms with Gasteiger partial charge in [0.05, 0.1) is 24.7 Å². The summed E-state index contributed by atoms with van der Waals surface area (Å²) in [4.78, 5) is 23.0. The lowest BCUT2D eigenvalue weighted by molar-refractivity contribution is -0.155. The number of carbonyl (C=O) groups is 2. The van der Waals surface area contributed by atoms with Crippen molar-refractivity contribution in [3.05, 3.63) is 0 Å². The zero-order valence-corrected chi connectivity index (χ0v) is 12.8. The van der Waals surface area contributed by atoms with Gasteiger partial charge in [0, 0.05) is 0 Å². The van der Waals surface area contributed by atoms with Gasteiger partial charge in [0.1, 0.15) is 6.04 Å². The SMILES string of the molecule is CCOC(=O)C(C)(C)COS(=O)(=O)N1C(=O)[C@@H](N)[C@@H]1C. The molecule has 8 nitrogen and oxygen atoms in total. The highest BCUT2D eigenvalue weighted by Gasteiger charge is 2.50. The number of hydrogen-bond acceptors (Lipinski definition) is 7. The number of rotatable bonds is 6. The second-order valence-electron chi connectivity index (χ2n) is 5.22. The van der Waals surface area contributed by atoms with Gasteiger partial charge in [-0.2, -0.15) is 8.42 Å². The fourth-order valence-corrected chi connectivity index (χ4v) is 3.03. The second kappa shape index (κ2) is 5.66. The molecule has 1 aliphatic heterocycles. The normalized spacial score (nSPS) is 23.4. The molecule has 0 spiro atoms. The van der Waals surface area contributed by atoms with E-state index < -0.39 is 46.3 Å². The van der Waals surface area contributed by atoms with E-state index in [9.17, 15) is 18.0 Å². The van der Waals surface area contributed by atoms with Crippen molar-refractivity contribution in [2.75, 3.05) is 13.2 Å². The standard InChI is InChI=1S/C11H20N2O6S/c1-5-18-10(15)11(3,4)6-19-20(16,17)13-7(2)8(12)9(13)14/h7-8H,5-6,12H2,1-4H3/t7-,8-/m0/s1. The van der Waals surface area contributed by atoms with E-state index in [2.05, 4.69) is 0 Å². The van der Waals surface area contributed by atoms with Crippen LogP contribution in [0.2, 0.25) is 0 Å². The lowest BCUT2D eigenvalue weighted by Crippen LogP contribution is -2.69. The number of β-lactam (4-membered cyclic amide) rings is 1. The summed E-state index contributed by atoms with van der Waals surface area (Å²) in [7, 11) is -4.24. The van der Waals surface area contributed by atoms with Gasteiger partial charge in [-0.15, -0.1) is 0 Å². The van der Waals surface area contributed by atoms with Crippen molar-refractivity contribution in [3.8, 4) is 0 Å². The quantitative estimate of drug-likeness (QED) is 0.514. The lowest BCUT2D eigenvalue weighted by Gasteiger charge is -2.41. The summed E-state index contributed by atoms with van der Waals surface area (Å²) < 4.78 is 33.9. The molecule has 9 heteroatoms. The van der Waals surface area contributed by atoms with Gasteiger partial charge in [-0.3, -0.25) is 13.8 Å². The molecule has 1 rings (SSSR count). The summed E-state index contributed by atoms with van der Waals surface area (Å²) in [6.07, 6.45) is 0. The van der Waals surface area contributed by atoms with Gasteiger partial charge in [0.25, 0.3) is 5.91 Å². The minimum atomic E-state index is -4.24. The van der Waals surface area contributed by atoms with Gasteiger partial charge in [-0.05, 0) is 27.7 Å². The molecule has 1 saturated heterocycles. The molecule has 0 aromatic carbocycles. The van der Waals surface area contributed by atoms with Crippen LogP contribution in [0.25, 0.3) is 0 Å². The minimum Gasteiger partial charge on any atom is -0.466 e. The third kappa shape index (κ3) is 3.10. The number of esters is 1. The zero-order chi connectivity index (χ0) is 15.7. The molecule has 0 aliphatic carbocycles. The molecule has 2 N–H and O–H groups in total. The molecule has 2 atom stereocenters. The average Bonchev–Trinajstić information content (AvgIpc) is 2.36. The fourth-order valence-electron chi connectivity index (χ4n) is 1.60. The summed E-state index contributed by atoms with van der Waals surface area (Å²) in [5, 5.41) is 0. The van der Waals surface area contributed by atoms with Gasteiger partial charge in [0.2, 0.25) is 0 Å². The Morgan fingerprint density at radius 3 is 2.45 bits per heavy atom. The van der Waals surface area contributed by atoms with E-state index in [0.29, 0.717) is 4.31 Å². The number of hydrogen-bond donors (Lipinski definition) is 1. The third-order valence-corrected chi connectivity index (χ3v) is 4.44. The number of carbonyl (C=O) groups excluding carboxylic acids is 2. The van der Waals surface area contributed by atoms with Crippen LogP contribution in [0, 0.1) is 5.41 Å². The molecule has 0 unspecified atom stereocenters. The van der Waals surface area contributed by atoms with Crippen LogP contribution in [0.5, 0.6) is 0 Å². The van der Waals surface area contributed by atoms with Crippen LogP contribution in [0.15, 0.2) is 0 Å². The summed E-state index contributed by atoms with van der Waals surface area (Å²) >= 11 is 0. The average molecular weight is 308 g/mol. The number of ether oxygens (including phenoxy) is 1. The molecule has 0 aromatic rings. The number of amides is 1. The Bertz CT molecular complexity index is 501. The third-order valence-electron chi connectivity index (χ3n) is 3.03. The molecular formula is C11H20N2O6S. The van der Waals surface area contributed by atoms with Crippen LogP contribution in [0.1, 0.15) is 27.7 Å². The Morgan fingerprint density at radius 1 is 1.45 bits per heavy atom. The van der Waals surface area contributed by atoms with Gasteiger partial charge in [0.15, 0.2) is 0 Å². The molecule has 0 radical (unpaired) electrons. The molecule has 1 aliphatic rings. The molecule has 1 fully saturated rings. The van der Waals surface area contributed by atoms with E-state index in [-0.39, 0.29) is 6.61 Å². The Kier molecular flexibility index (Phi) is 4.78. The smallest absolute Gasteiger partial charge is 0.365 e. The molecule has 1 amide bonds. The molecule has 1 heterocycles. The Balaban J connectivity index is 2.69. The van der Waals surface area contributed by atoms with Gasteiger partial charge in [-0.25, -0.2) is 4.31 Å². The molecule has 116 valence electrons. The Labute approximate surface area is 118 Å². The number of nitrogens with two attached hydrogens (primary N) is 1. The van der Waals surface area contributed by atoms with Gasteiger partial charge >= 0.3 is 16.3 Å². The van der Waals surface area contributed by atoms with Crippen molar-refractivity contribution in [2.45, 2.75) is 39.8 Å². The Hall–Kier alpha value is -1.19. The highest BCUT2D eigenvalue weighted by molar-refractivity contribution is 7.85. The second-order valence-corrected chi connectivity index (χ2v) is 6.71. The zero-order valence-electron chi connectivity index (χ0n) is 12.0.